The molecule has 110 valence electrons. The van der Waals surface area contributed by atoms with Gasteiger partial charge in [-0.05, 0) is 26.3 Å². The lowest BCUT2D eigenvalue weighted by molar-refractivity contribution is 0.546. The molecule has 0 bridgehead atoms. The summed E-state index contributed by atoms with van der Waals surface area (Å²) in [5.41, 5.74) is 0. The van der Waals surface area contributed by atoms with Crippen molar-refractivity contribution in [3.8, 4) is 0 Å². The Morgan fingerprint density at radius 1 is 1.32 bits per heavy atom. The van der Waals surface area contributed by atoms with Crippen LogP contribution < -0.4 is 10.0 Å². The van der Waals surface area contributed by atoms with Gasteiger partial charge in [0.25, 0.3) is 0 Å². The van der Waals surface area contributed by atoms with Gasteiger partial charge in [0.15, 0.2) is 0 Å². The van der Waals surface area contributed by atoms with Crippen LogP contribution in [0.15, 0.2) is 12.4 Å². The summed E-state index contributed by atoms with van der Waals surface area (Å²) in [7, 11) is -3.25. The van der Waals surface area contributed by atoms with E-state index in [0.29, 0.717) is 18.3 Å². The highest BCUT2D eigenvalue weighted by molar-refractivity contribution is 7.89. The number of H-pyrrole nitrogens is 1. The first-order chi connectivity index (χ1) is 8.91. The summed E-state index contributed by atoms with van der Waals surface area (Å²) in [6.45, 7) is 6.77. The van der Waals surface area contributed by atoms with Crippen molar-refractivity contribution < 1.29 is 8.42 Å². The first-order valence-electron chi connectivity index (χ1n) is 6.63. The molecule has 1 heterocycles. The predicted octanol–water partition coefficient (Wildman–Crippen LogP) is 1.17. The van der Waals surface area contributed by atoms with E-state index in [1.165, 1.54) is 0 Å². The minimum absolute atomic E-state index is 0.151. The molecule has 0 spiro atoms. The Hall–Kier alpha value is -0.920. The lowest BCUT2D eigenvalue weighted by Gasteiger charge is -2.12. The van der Waals surface area contributed by atoms with Gasteiger partial charge in [-0.1, -0.05) is 13.8 Å². The van der Waals surface area contributed by atoms with Gasteiger partial charge in [-0.25, -0.2) is 18.1 Å². The molecular formula is C12H24N4O2S. The van der Waals surface area contributed by atoms with Crippen molar-refractivity contribution >= 4 is 10.0 Å². The molecule has 6 nitrogen and oxygen atoms in total. The van der Waals surface area contributed by atoms with E-state index < -0.39 is 10.0 Å². The average molecular weight is 288 g/mol. The largest absolute Gasteiger partial charge is 0.347 e. The van der Waals surface area contributed by atoms with E-state index in [0.717, 1.165) is 13.0 Å². The van der Waals surface area contributed by atoms with Crippen molar-refractivity contribution in [2.75, 3.05) is 12.3 Å². The lowest BCUT2D eigenvalue weighted by Crippen LogP contribution is -2.30. The van der Waals surface area contributed by atoms with Crippen LogP contribution in [0, 0.1) is 0 Å². The van der Waals surface area contributed by atoms with Crippen molar-refractivity contribution in [2.24, 2.45) is 0 Å². The molecule has 1 aromatic rings. The molecule has 1 unspecified atom stereocenters. The fourth-order valence-corrected chi connectivity index (χ4v) is 3.06. The second kappa shape index (κ2) is 7.62. The number of aromatic amines is 1. The number of nitrogens with one attached hydrogen (secondary N) is 3. The minimum atomic E-state index is -3.25. The van der Waals surface area contributed by atoms with Gasteiger partial charge in [0, 0.05) is 18.4 Å². The number of sulfonamides is 1. The van der Waals surface area contributed by atoms with Crippen molar-refractivity contribution in [3.63, 3.8) is 0 Å². The molecule has 0 saturated heterocycles. The summed E-state index contributed by atoms with van der Waals surface area (Å²) < 4.78 is 26.3. The standard InChI is InChI=1S/C12H24N4O2S/c1-10(2)13-6-4-5-9-19(17,18)16-11(3)12-14-7-8-15-12/h7-8,10-11,13,16H,4-6,9H2,1-3H3,(H,14,15). The van der Waals surface area contributed by atoms with Crippen LogP contribution in [-0.2, 0) is 10.0 Å². The molecule has 1 atom stereocenters. The second-order valence-electron chi connectivity index (χ2n) is 4.95. The average Bonchev–Trinajstić information content (AvgIpc) is 2.80. The van der Waals surface area contributed by atoms with Crippen molar-refractivity contribution in [1.29, 1.82) is 0 Å². The number of imidazole rings is 1. The molecule has 19 heavy (non-hydrogen) atoms. The van der Waals surface area contributed by atoms with Gasteiger partial charge in [-0.2, -0.15) is 0 Å². The van der Waals surface area contributed by atoms with Gasteiger partial charge in [0.2, 0.25) is 10.0 Å². The summed E-state index contributed by atoms with van der Waals surface area (Å²) in [5, 5.41) is 3.26. The third kappa shape index (κ3) is 6.70. The van der Waals surface area contributed by atoms with Crippen LogP contribution in [0.25, 0.3) is 0 Å². The fraction of sp³-hybridized carbons (Fsp3) is 0.750. The first kappa shape index (κ1) is 16.1. The molecule has 3 N–H and O–H groups in total. The summed E-state index contributed by atoms with van der Waals surface area (Å²) in [4.78, 5) is 6.94. The van der Waals surface area contributed by atoms with E-state index in [1.807, 2.05) is 0 Å². The Balaban J connectivity index is 2.28. The zero-order valence-electron chi connectivity index (χ0n) is 11.8. The molecule has 0 aromatic carbocycles. The molecule has 1 aromatic heterocycles. The van der Waals surface area contributed by atoms with Crippen LogP contribution in [0.4, 0.5) is 0 Å². The van der Waals surface area contributed by atoms with Gasteiger partial charge in [-0.3, -0.25) is 0 Å². The maximum Gasteiger partial charge on any atom is 0.212 e. The number of rotatable bonds is 9. The molecule has 0 fully saturated rings. The number of hydrogen-bond donors (Lipinski definition) is 3. The highest BCUT2D eigenvalue weighted by atomic mass is 32.2. The maximum atomic E-state index is 11.9. The molecule has 0 saturated carbocycles. The predicted molar refractivity (Wildman–Crippen MR) is 76.3 cm³/mol. The van der Waals surface area contributed by atoms with Crippen LogP contribution in [0.1, 0.15) is 45.5 Å². The molecule has 0 aliphatic heterocycles. The van der Waals surface area contributed by atoms with Crippen LogP contribution >= 0.6 is 0 Å². The summed E-state index contributed by atoms with van der Waals surface area (Å²) in [6.07, 6.45) is 4.80. The number of hydrogen-bond acceptors (Lipinski definition) is 4. The van der Waals surface area contributed by atoms with E-state index in [2.05, 4.69) is 33.9 Å². The van der Waals surface area contributed by atoms with Crippen molar-refractivity contribution in [2.45, 2.75) is 45.7 Å². The lowest BCUT2D eigenvalue weighted by atomic mass is 10.3. The zero-order chi connectivity index (χ0) is 14.3. The number of aromatic nitrogens is 2. The first-order valence-corrected chi connectivity index (χ1v) is 8.28. The third-order valence-corrected chi connectivity index (χ3v) is 4.22. The van der Waals surface area contributed by atoms with Gasteiger partial charge in [-0.15, -0.1) is 0 Å². The summed E-state index contributed by atoms with van der Waals surface area (Å²) in [6, 6.07) is 0.113. The van der Waals surface area contributed by atoms with E-state index in [4.69, 9.17) is 0 Å². The van der Waals surface area contributed by atoms with Crippen LogP contribution in [0.3, 0.4) is 0 Å². The summed E-state index contributed by atoms with van der Waals surface area (Å²) in [5.74, 6) is 0.780. The maximum absolute atomic E-state index is 11.9. The van der Waals surface area contributed by atoms with E-state index >= 15 is 0 Å². The molecule has 1 rings (SSSR count). The Morgan fingerprint density at radius 2 is 2.05 bits per heavy atom. The topological polar surface area (TPSA) is 86.9 Å². The molecule has 0 aliphatic rings. The van der Waals surface area contributed by atoms with E-state index in [9.17, 15) is 8.42 Å². The molecule has 0 amide bonds. The fourth-order valence-electron chi connectivity index (χ4n) is 1.71. The molecule has 0 radical (unpaired) electrons. The Bertz CT molecular complexity index is 442. The van der Waals surface area contributed by atoms with E-state index in [1.54, 1.807) is 19.3 Å². The smallest absolute Gasteiger partial charge is 0.212 e. The number of unbranched alkanes of at least 4 members (excludes halogenated alkanes) is 1. The molecule has 7 heteroatoms. The van der Waals surface area contributed by atoms with Gasteiger partial charge in [0.1, 0.15) is 5.82 Å². The Kier molecular flexibility index (Phi) is 6.47. The van der Waals surface area contributed by atoms with E-state index in [-0.39, 0.29) is 11.8 Å². The Morgan fingerprint density at radius 3 is 2.63 bits per heavy atom. The molecule has 0 aliphatic carbocycles. The quantitative estimate of drug-likeness (QED) is 0.595. The van der Waals surface area contributed by atoms with Crippen LogP contribution in [0.2, 0.25) is 0 Å². The second-order valence-corrected chi connectivity index (χ2v) is 6.82. The monoisotopic (exact) mass is 288 g/mol. The van der Waals surface area contributed by atoms with Crippen LogP contribution in [0.5, 0.6) is 0 Å². The van der Waals surface area contributed by atoms with Gasteiger partial charge >= 0.3 is 0 Å². The van der Waals surface area contributed by atoms with Gasteiger partial charge < -0.3 is 10.3 Å². The van der Waals surface area contributed by atoms with Crippen molar-refractivity contribution in [3.05, 3.63) is 18.2 Å². The molecular weight excluding hydrogens is 264 g/mol. The summed E-state index contributed by atoms with van der Waals surface area (Å²) >= 11 is 0. The SMILES string of the molecule is CC(C)NCCCCS(=O)(=O)NC(C)c1ncc[nH]1. The minimum Gasteiger partial charge on any atom is -0.347 e. The van der Waals surface area contributed by atoms with Crippen molar-refractivity contribution in [1.82, 2.24) is 20.0 Å². The third-order valence-electron chi connectivity index (χ3n) is 2.68. The highest BCUT2D eigenvalue weighted by Gasteiger charge is 2.16. The zero-order valence-corrected chi connectivity index (χ0v) is 12.6. The number of nitrogens with zero attached hydrogens (tertiary/aromatic N) is 1. The Labute approximate surface area is 115 Å². The highest BCUT2D eigenvalue weighted by Crippen LogP contribution is 2.08. The van der Waals surface area contributed by atoms with Gasteiger partial charge in [0.05, 0.1) is 11.8 Å². The van der Waals surface area contributed by atoms with Crippen LogP contribution in [-0.4, -0.2) is 36.7 Å². The normalized spacial score (nSPS) is 13.9.